The van der Waals surface area contributed by atoms with Gasteiger partial charge in [0.15, 0.2) is 0 Å². The Labute approximate surface area is 120 Å². The molecule has 0 aliphatic heterocycles. The van der Waals surface area contributed by atoms with E-state index in [0.717, 1.165) is 23.6 Å². The average Bonchev–Trinajstić information content (AvgIpc) is 3.07. The quantitative estimate of drug-likeness (QED) is 0.911. The largest absolute Gasteiger partial charge is 0.383 e. The summed E-state index contributed by atoms with van der Waals surface area (Å²) in [6.45, 7) is 5.15. The van der Waals surface area contributed by atoms with Crippen LogP contribution in [-0.2, 0) is 6.54 Å². The van der Waals surface area contributed by atoms with E-state index in [1.807, 2.05) is 0 Å². The SMILES string of the molecule is CCn1c(C2CCCC2)nc(-c2ccc(C)cc2)c1N. The van der Waals surface area contributed by atoms with Gasteiger partial charge in [0, 0.05) is 18.0 Å². The Morgan fingerprint density at radius 3 is 2.45 bits per heavy atom. The number of aryl methyl sites for hydroxylation is 1. The van der Waals surface area contributed by atoms with Crippen LogP contribution >= 0.6 is 0 Å². The summed E-state index contributed by atoms with van der Waals surface area (Å²) < 4.78 is 2.20. The lowest BCUT2D eigenvalue weighted by molar-refractivity contribution is 0.604. The molecule has 2 aromatic rings. The summed E-state index contributed by atoms with van der Waals surface area (Å²) in [6.07, 6.45) is 5.15. The third-order valence-electron chi connectivity index (χ3n) is 4.40. The summed E-state index contributed by atoms with van der Waals surface area (Å²) >= 11 is 0. The molecule has 1 aromatic heterocycles. The number of hydrogen-bond acceptors (Lipinski definition) is 2. The maximum atomic E-state index is 6.35. The first-order chi connectivity index (χ1) is 9.70. The Hall–Kier alpha value is -1.77. The first-order valence-electron chi connectivity index (χ1n) is 7.63. The Bertz CT molecular complexity index is 589. The first-order valence-corrected chi connectivity index (χ1v) is 7.63. The van der Waals surface area contributed by atoms with Gasteiger partial charge in [0.05, 0.1) is 0 Å². The molecular weight excluding hydrogens is 246 g/mol. The molecule has 1 heterocycles. The van der Waals surface area contributed by atoms with Crippen LogP contribution in [0, 0.1) is 6.92 Å². The molecule has 1 aliphatic carbocycles. The molecule has 0 radical (unpaired) electrons. The maximum absolute atomic E-state index is 6.35. The molecule has 1 aromatic carbocycles. The molecule has 1 aliphatic rings. The molecule has 3 heteroatoms. The van der Waals surface area contributed by atoms with E-state index in [-0.39, 0.29) is 0 Å². The first kappa shape index (κ1) is 13.2. The molecule has 1 saturated carbocycles. The number of benzene rings is 1. The van der Waals surface area contributed by atoms with Gasteiger partial charge in [0.2, 0.25) is 0 Å². The highest BCUT2D eigenvalue weighted by atomic mass is 15.1. The highest BCUT2D eigenvalue weighted by molar-refractivity contribution is 5.71. The summed E-state index contributed by atoms with van der Waals surface area (Å²) in [5.41, 5.74) is 9.69. The topological polar surface area (TPSA) is 43.8 Å². The van der Waals surface area contributed by atoms with Gasteiger partial charge in [-0.05, 0) is 26.7 Å². The molecule has 20 heavy (non-hydrogen) atoms. The molecule has 0 saturated heterocycles. The zero-order valence-electron chi connectivity index (χ0n) is 12.4. The molecule has 1 fully saturated rings. The Morgan fingerprint density at radius 1 is 1.20 bits per heavy atom. The highest BCUT2D eigenvalue weighted by Crippen LogP contribution is 2.37. The van der Waals surface area contributed by atoms with Crippen LogP contribution in [-0.4, -0.2) is 9.55 Å². The van der Waals surface area contributed by atoms with Crippen molar-refractivity contribution in [3.63, 3.8) is 0 Å². The highest BCUT2D eigenvalue weighted by Gasteiger charge is 2.25. The molecule has 0 unspecified atom stereocenters. The second kappa shape index (κ2) is 5.31. The maximum Gasteiger partial charge on any atom is 0.131 e. The van der Waals surface area contributed by atoms with E-state index in [9.17, 15) is 0 Å². The molecule has 2 N–H and O–H groups in total. The summed E-state index contributed by atoms with van der Waals surface area (Å²) in [5, 5.41) is 0. The van der Waals surface area contributed by atoms with Gasteiger partial charge in [0.25, 0.3) is 0 Å². The van der Waals surface area contributed by atoms with Crippen LogP contribution in [0.1, 0.15) is 49.9 Å². The van der Waals surface area contributed by atoms with Crippen molar-refractivity contribution in [1.82, 2.24) is 9.55 Å². The second-order valence-electron chi connectivity index (χ2n) is 5.80. The van der Waals surface area contributed by atoms with Crippen LogP contribution < -0.4 is 5.73 Å². The normalized spacial score (nSPS) is 15.9. The lowest BCUT2D eigenvalue weighted by atomic mass is 10.1. The molecular formula is C17H23N3. The van der Waals surface area contributed by atoms with Crippen molar-refractivity contribution >= 4 is 5.82 Å². The van der Waals surface area contributed by atoms with Crippen molar-refractivity contribution in [3.8, 4) is 11.3 Å². The molecule has 0 amide bonds. The predicted molar refractivity (Wildman–Crippen MR) is 83.7 cm³/mol. The predicted octanol–water partition coefficient (Wildman–Crippen LogP) is 4.12. The monoisotopic (exact) mass is 269 g/mol. The number of nitrogens with two attached hydrogens (primary N) is 1. The third kappa shape index (κ3) is 2.21. The van der Waals surface area contributed by atoms with E-state index in [1.165, 1.54) is 37.1 Å². The van der Waals surface area contributed by atoms with E-state index in [2.05, 4.69) is 42.7 Å². The molecule has 3 nitrogen and oxygen atoms in total. The minimum Gasteiger partial charge on any atom is -0.383 e. The lowest BCUT2D eigenvalue weighted by Gasteiger charge is -2.11. The third-order valence-corrected chi connectivity index (χ3v) is 4.40. The fraction of sp³-hybridized carbons (Fsp3) is 0.471. The fourth-order valence-electron chi connectivity index (χ4n) is 3.24. The summed E-state index contributed by atoms with van der Waals surface area (Å²) in [7, 11) is 0. The number of rotatable bonds is 3. The second-order valence-corrected chi connectivity index (χ2v) is 5.80. The average molecular weight is 269 g/mol. The van der Waals surface area contributed by atoms with Crippen molar-refractivity contribution in [3.05, 3.63) is 35.7 Å². The van der Waals surface area contributed by atoms with Gasteiger partial charge in [-0.3, -0.25) is 0 Å². The van der Waals surface area contributed by atoms with Gasteiger partial charge in [-0.25, -0.2) is 4.98 Å². The van der Waals surface area contributed by atoms with Gasteiger partial charge in [0.1, 0.15) is 17.3 Å². The van der Waals surface area contributed by atoms with Crippen molar-refractivity contribution in [2.24, 2.45) is 0 Å². The number of anilines is 1. The summed E-state index contributed by atoms with van der Waals surface area (Å²) in [5.74, 6) is 2.60. The minimum absolute atomic E-state index is 0.594. The van der Waals surface area contributed by atoms with E-state index in [4.69, 9.17) is 10.7 Å². The number of aromatic nitrogens is 2. The van der Waals surface area contributed by atoms with Gasteiger partial charge < -0.3 is 10.3 Å². The van der Waals surface area contributed by atoms with Crippen LogP contribution in [0.15, 0.2) is 24.3 Å². The van der Waals surface area contributed by atoms with Crippen LogP contribution in [0.2, 0.25) is 0 Å². The molecule has 0 bridgehead atoms. The summed E-state index contributed by atoms with van der Waals surface area (Å²) in [6, 6.07) is 8.48. The Kier molecular flexibility index (Phi) is 3.51. The van der Waals surface area contributed by atoms with Crippen molar-refractivity contribution in [1.29, 1.82) is 0 Å². The van der Waals surface area contributed by atoms with Gasteiger partial charge in [-0.1, -0.05) is 42.7 Å². The number of imidazole rings is 1. The van der Waals surface area contributed by atoms with E-state index in [0.29, 0.717) is 5.92 Å². The lowest BCUT2D eigenvalue weighted by Crippen LogP contribution is -2.08. The Morgan fingerprint density at radius 2 is 1.85 bits per heavy atom. The minimum atomic E-state index is 0.594. The van der Waals surface area contributed by atoms with Crippen molar-refractivity contribution in [2.45, 2.75) is 52.0 Å². The van der Waals surface area contributed by atoms with Gasteiger partial charge in [-0.2, -0.15) is 0 Å². The van der Waals surface area contributed by atoms with Crippen LogP contribution in [0.4, 0.5) is 5.82 Å². The van der Waals surface area contributed by atoms with Gasteiger partial charge in [-0.15, -0.1) is 0 Å². The molecule has 3 rings (SSSR count). The zero-order valence-corrected chi connectivity index (χ0v) is 12.4. The van der Waals surface area contributed by atoms with E-state index < -0.39 is 0 Å². The van der Waals surface area contributed by atoms with Gasteiger partial charge >= 0.3 is 0 Å². The standard InChI is InChI=1S/C17H23N3/c1-3-20-16(18)15(13-10-8-12(2)9-11-13)19-17(20)14-6-4-5-7-14/h8-11,14H,3-7,18H2,1-2H3. The molecule has 0 spiro atoms. The van der Waals surface area contributed by atoms with Crippen LogP contribution in [0.25, 0.3) is 11.3 Å². The summed E-state index contributed by atoms with van der Waals surface area (Å²) in [4.78, 5) is 4.90. The zero-order chi connectivity index (χ0) is 14.1. The van der Waals surface area contributed by atoms with Crippen molar-refractivity contribution in [2.75, 3.05) is 5.73 Å². The molecule has 0 atom stereocenters. The number of nitrogen functional groups attached to an aromatic ring is 1. The number of nitrogens with zero attached hydrogens (tertiary/aromatic N) is 2. The smallest absolute Gasteiger partial charge is 0.131 e. The molecule has 106 valence electrons. The van der Waals surface area contributed by atoms with Crippen LogP contribution in [0.3, 0.4) is 0 Å². The Balaban J connectivity index is 2.05. The van der Waals surface area contributed by atoms with Crippen LogP contribution in [0.5, 0.6) is 0 Å². The number of hydrogen-bond donors (Lipinski definition) is 1. The fourth-order valence-corrected chi connectivity index (χ4v) is 3.24. The van der Waals surface area contributed by atoms with E-state index >= 15 is 0 Å². The van der Waals surface area contributed by atoms with E-state index in [1.54, 1.807) is 0 Å². The van der Waals surface area contributed by atoms with Crippen molar-refractivity contribution < 1.29 is 0 Å².